The predicted octanol–water partition coefficient (Wildman–Crippen LogP) is 4.95. The second-order valence-corrected chi connectivity index (χ2v) is 9.01. The minimum Gasteiger partial charge on any atom is -0.488 e. The van der Waals surface area contributed by atoms with Crippen molar-refractivity contribution in [2.75, 3.05) is 11.9 Å². The van der Waals surface area contributed by atoms with E-state index in [4.69, 9.17) is 9.84 Å². The second-order valence-electron chi connectivity index (χ2n) is 8.01. The Morgan fingerprint density at radius 2 is 1.78 bits per heavy atom. The molecule has 8 nitrogen and oxygen atoms in total. The Morgan fingerprint density at radius 1 is 1.03 bits per heavy atom. The van der Waals surface area contributed by atoms with Crippen LogP contribution in [0.4, 0.5) is 10.5 Å². The van der Waals surface area contributed by atoms with Crippen molar-refractivity contribution in [1.29, 1.82) is 0 Å². The van der Waals surface area contributed by atoms with E-state index in [0.717, 1.165) is 27.8 Å². The fourth-order valence-corrected chi connectivity index (χ4v) is 4.31. The summed E-state index contributed by atoms with van der Waals surface area (Å²) < 4.78 is 5.89. The molecule has 4 rings (SSSR count). The molecule has 0 bridgehead atoms. The fraction of sp³-hybridized carbons (Fsp3) is 0.111. The average molecular weight is 503 g/mol. The Balaban J connectivity index is 1.43. The number of para-hydroxylation sites is 1. The Morgan fingerprint density at radius 3 is 2.50 bits per heavy atom. The van der Waals surface area contributed by atoms with E-state index in [1.54, 1.807) is 60.7 Å². The second kappa shape index (κ2) is 10.9. The summed E-state index contributed by atoms with van der Waals surface area (Å²) >= 11 is 0.762. The maximum Gasteiger partial charge on any atom is 0.335 e. The van der Waals surface area contributed by atoms with Crippen LogP contribution in [-0.2, 0) is 16.2 Å². The Bertz CT molecular complexity index is 1370. The number of nitrogens with one attached hydrogen (secondary N) is 1. The molecule has 1 heterocycles. The average Bonchev–Trinajstić information content (AvgIpc) is 3.11. The molecule has 0 unspecified atom stereocenters. The molecule has 0 aromatic heterocycles. The highest BCUT2D eigenvalue weighted by molar-refractivity contribution is 8.18. The molecule has 1 aliphatic heterocycles. The molecule has 0 aliphatic carbocycles. The Hall–Kier alpha value is -4.37. The third kappa shape index (κ3) is 6.00. The topological polar surface area (TPSA) is 113 Å². The van der Waals surface area contributed by atoms with Crippen LogP contribution in [0, 0.1) is 6.92 Å². The maximum absolute atomic E-state index is 12.9. The van der Waals surface area contributed by atoms with Gasteiger partial charge in [0, 0.05) is 11.3 Å². The zero-order valence-electron chi connectivity index (χ0n) is 19.3. The van der Waals surface area contributed by atoms with Crippen molar-refractivity contribution in [3.05, 3.63) is 100.0 Å². The molecule has 0 radical (unpaired) electrons. The van der Waals surface area contributed by atoms with Crippen LogP contribution in [0.1, 0.15) is 27.0 Å². The molecule has 1 fully saturated rings. The van der Waals surface area contributed by atoms with E-state index >= 15 is 0 Å². The maximum atomic E-state index is 12.9. The third-order valence-electron chi connectivity index (χ3n) is 5.28. The van der Waals surface area contributed by atoms with Crippen LogP contribution in [0.15, 0.2) is 77.7 Å². The van der Waals surface area contributed by atoms with E-state index in [9.17, 15) is 19.2 Å². The van der Waals surface area contributed by atoms with E-state index in [1.165, 1.54) is 12.1 Å². The first-order valence-electron chi connectivity index (χ1n) is 11.0. The van der Waals surface area contributed by atoms with Gasteiger partial charge >= 0.3 is 5.97 Å². The largest absolute Gasteiger partial charge is 0.488 e. The van der Waals surface area contributed by atoms with Crippen molar-refractivity contribution in [2.24, 2.45) is 0 Å². The van der Waals surface area contributed by atoms with Crippen molar-refractivity contribution >= 4 is 46.5 Å². The lowest BCUT2D eigenvalue weighted by atomic mass is 10.1. The molecule has 3 aromatic rings. The van der Waals surface area contributed by atoms with Gasteiger partial charge in [0.2, 0.25) is 5.91 Å². The molecule has 36 heavy (non-hydrogen) atoms. The number of ether oxygens (including phenoxy) is 1. The van der Waals surface area contributed by atoms with E-state index in [2.05, 4.69) is 5.32 Å². The van der Waals surface area contributed by atoms with Gasteiger partial charge in [-0.25, -0.2) is 4.79 Å². The van der Waals surface area contributed by atoms with E-state index in [1.807, 2.05) is 13.0 Å². The van der Waals surface area contributed by atoms with Crippen LogP contribution >= 0.6 is 11.8 Å². The van der Waals surface area contributed by atoms with Gasteiger partial charge in [-0.3, -0.25) is 19.3 Å². The van der Waals surface area contributed by atoms with Crippen molar-refractivity contribution in [2.45, 2.75) is 13.5 Å². The monoisotopic (exact) mass is 502 g/mol. The number of amides is 3. The molecule has 2 N–H and O–H groups in total. The van der Waals surface area contributed by atoms with Crippen LogP contribution in [0.25, 0.3) is 6.08 Å². The lowest BCUT2D eigenvalue weighted by Gasteiger charge is -2.13. The molecule has 0 atom stereocenters. The molecule has 0 saturated carbocycles. The summed E-state index contributed by atoms with van der Waals surface area (Å²) in [5.74, 6) is -1.54. The number of aryl methyl sites for hydroxylation is 1. The summed E-state index contributed by atoms with van der Waals surface area (Å²) in [5.41, 5.74) is 3.11. The number of anilines is 1. The Labute approximate surface area is 211 Å². The zero-order valence-corrected chi connectivity index (χ0v) is 20.1. The first kappa shape index (κ1) is 24.7. The highest BCUT2D eigenvalue weighted by Gasteiger charge is 2.36. The molecule has 1 aliphatic rings. The van der Waals surface area contributed by atoms with Gasteiger partial charge in [0.25, 0.3) is 11.1 Å². The van der Waals surface area contributed by atoms with Crippen molar-refractivity contribution in [3.8, 4) is 5.75 Å². The van der Waals surface area contributed by atoms with Crippen LogP contribution in [-0.4, -0.2) is 39.6 Å². The normalized spacial score (nSPS) is 14.2. The van der Waals surface area contributed by atoms with E-state index in [0.29, 0.717) is 17.0 Å². The summed E-state index contributed by atoms with van der Waals surface area (Å²) in [6.45, 7) is 1.69. The minimum absolute atomic E-state index is 0.183. The number of carbonyl (C=O) groups is 4. The van der Waals surface area contributed by atoms with Crippen molar-refractivity contribution in [1.82, 2.24) is 4.90 Å². The molecular weight excluding hydrogens is 480 g/mol. The number of imide groups is 1. The number of carboxylic acid groups (broad SMARTS) is 1. The first-order valence-corrected chi connectivity index (χ1v) is 11.8. The first-order chi connectivity index (χ1) is 17.3. The summed E-state index contributed by atoms with van der Waals surface area (Å²) in [6.07, 6.45) is 1.56. The Kier molecular flexibility index (Phi) is 7.50. The highest BCUT2D eigenvalue weighted by atomic mass is 32.2. The molecule has 3 aromatic carbocycles. The lowest BCUT2D eigenvalue weighted by molar-refractivity contribution is -0.127. The summed E-state index contributed by atoms with van der Waals surface area (Å²) in [5, 5.41) is 11.2. The lowest BCUT2D eigenvalue weighted by Crippen LogP contribution is -2.36. The quantitative estimate of drug-likeness (QED) is 0.419. The highest BCUT2D eigenvalue weighted by Crippen LogP contribution is 2.34. The fourth-order valence-electron chi connectivity index (χ4n) is 3.48. The van der Waals surface area contributed by atoms with Crippen LogP contribution in [0.2, 0.25) is 0 Å². The van der Waals surface area contributed by atoms with E-state index < -0.39 is 23.0 Å². The van der Waals surface area contributed by atoms with Gasteiger partial charge in [0.05, 0.1) is 10.5 Å². The molecule has 0 spiro atoms. The predicted molar refractivity (Wildman–Crippen MR) is 137 cm³/mol. The standard InChI is InChI=1S/C27H22N2O6S/c1-17-5-4-7-21(13-17)28-24(30)15-29-25(31)23(36-27(29)34)14-20-6-2-3-8-22(20)35-16-18-9-11-19(12-10-18)26(32)33/h2-14H,15-16H2,1H3,(H,28,30)(H,32,33)/b23-14+. The van der Waals surface area contributed by atoms with Gasteiger partial charge in [-0.2, -0.15) is 0 Å². The number of carbonyl (C=O) groups excluding carboxylic acids is 3. The third-order valence-corrected chi connectivity index (χ3v) is 6.19. The van der Waals surface area contributed by atoms with Crippen LogP contribution < -0.4 is 10.1 Å². The van der Waals surface area contributed by atoms with Crippen LogP contribution in [0.3, 0.4) is 0 Å². The van der Waals surface area contributed by atoms with Gasteiger partial charge in [-0.15, -0.1) is 0 Å². The number of nitrogens with zero attached hydrogens (tertiary/aromatic N) is 1. The number of carboxylic acids is 1. The zero-order chi connectivity index (χ0) is 25.7. The van der Waals surface area contributed by atoms with Gasteiger partial charge in [-0.05, 0) is 66.2 Å². The number of thioether (sulfide) groups is 1. The SMILES string of the molecule is Cc1cccc(NC(=O)CN2C(=O)S/C(=C/c3ccccc3OCc3ccc(C(=O)O)cc3)C2=O)c1. The van der Waals surface area contributed by atoms with Crippen molar-refractivity contribution in [3.63, 3.8) is 0 Å². The van der Waals surface area contributed by atoms with Gasteiger partial charge < -0.3 is 15.2 Å². The number of hydrogen-bond acceptors (Lipinski definition) is 6. The smallest absolute Gasteiger partial charge is 0.335 e. The van der Waals surface area contributed by atoms with Crippen molar-refractivity contribution < 1.29 is 29.0 Å². The number of benzene rings is 3. The summed E-state index contributed by atoms with van der Waals surface area (Å²) in [7, 11) is 0. The van der Waals surface area contributed by atoms with E-state index in [-0.39, 0.29) is 23.6 Å². The number of aromatic carboxylic acids is 1. The summed E-state index contributed by atoms with van der Waals surface area (Å²) in [6, 6.07) is 20.6. The summed E-state index contributed by atoms with van der Waals surface area (Å²) in [4.78, 5) is 49.9. The van der Waals surface area contributed by atoms with Gasteiger partial charge in [-0.1, -0.05) is 42.5 Å². The minimum atomic E-state index is -1.01. The molecule has 182 valence electrons. The van der Waals surface area contributed by atoms with Gasteiger partial charge in [0.15, 0.2) is 0 Å². The number of rotatable bonds is 8. The molecule has 1 saturated heterocycles. The molecule has 3 amide bonds. The molecular formula is C27H22N2O6S. The number of hydrogen-bond donors (Lipinski definition) is 2. The van der Waals surface area contributed by atoms with Gasteiger partial charge in [0.1, 0.15) is 18.9 Å². The molecule has 9 heteroatoms. The van der Waals surface area contributed by atoms with Crippen LogP contribution in [0.5, 0.6) is 5.75 Å².